The number of benzene rings is 11. The van der Waals surface area contributed by atoms with Crippen molar-refractivity contribution in [2.45, 2.75) is 10.8 Å². The smallest absolute Gasteiger partial charge is 0.137 e. The maximum Gasteiger partial charge on any atom is 0.137 e. The van der Waals surface area contributed by atoms with Crippen molar-refractivity contribution in [1.82, 2.24) is 0 Å². The number of nitrogens with zero attached hydrogens (tertiary/aromatic N) is 1. The van der Waals surface area contributed by atoms with Crippen molar-refractivity contribution in [3.63, 3.8) is 0 Å². The van der Waals surface area contributed by atoms with Gasteiger partial charge in [-0.05, 0) is 128 Å². The fourth-order valence-electron chi connectivity index (χ4n) is 13.2. The number of ether oxygens (including phenoxy) is 1. The standard InChI is InChI=1S/C68H41NO3/c1-3-18-42(19-4-1)67(43-20-5-2-6-21-43)53-25-10-7-22-46(53)48-36-34-45(39-57(48)67)69(44-35-37-61-51(38-44)49-24-9-14-30-60(49)70-61)59-29-17-33-64-66(59)52-40-50-47-23-8-11-26-54(47)68(58(50)41-65(52)72-64)55-27-12-15-31-62(55)71-63-32-16-13-28-56(63)68/h1-41H. The van der Waals surface area contributed by atoms with E-state index in [1.165, 1.54) is 55.6 Å². The predicted molar refractivity (Wildman–Crippen MR) is 290 cm³/mol. The first kappa shape index (κ1) is 39.5. The number of rotatable bonds is 5. The lowest BCUT2D eigenvalue weighted by Crippen LogP contribution is -2.32. The van der Waals surface area contributed by atoms with Crippen LogP contribution in [-0.4, -0.2) is 0 Å². The summed E-state index contributed by atoms with van der Waals surface area (Å²) in [4.78, 5) is 2.44. The average molecular weight is 920 g/mol. The zero-order chi connectivity index (χ0) is 47.1. The van der Waals surface area contributed by atoms with Gasteiger partial charge >= 0.3 is 0 Å². The number of furan rings is 2. The first-order valence-electron chi connectivity index (χ1n) is 24.7. The second-order valence-electron chi connectivity index (χ2n) is 19.4. The van der Waals surface area contributed by atoms with Crippen molar-refractivity contribution in [3.8, 4) is 33.8 Å². The zero-order valence-corrected chi connectivity index (χ0v) is 38.8. The van der Waals surface area contributed by atoms with Gasteiger partial charge < -0.3 is 18.5 Å². The van der Waals surface area contributed by atoms with Crippen LogP contribution in [0.1, 0.15) is 44.5 Å². The van der Waals surface area contributed by atoms with Crippen LogP contribution in [0, 0.1) is 0 Å². The molecule has 3 heterocycles. The highest BCUT2D eigenvalue weighted by molar-refractivity contribution is 6.16. The summed E-state index contributed by atoms with van der Waals surface area (Å²) in [6.07, 6.45) is 0. The predicted octanol–water partition coefficient (Wildman–Crippen LogP) is 17.8. The van der Waals surface area contributed by atoms with E-state index in [0.29, 0.717) is 0 Å². The maximum atomic E-state index is 7.16. The normalized spacial score (nSPS) is 14.2. The van der Waals surface area contributed by atoms with Crippen molar-refractivity contribution in [1.29, 1.82) is 0 Å². The van der Waals surface area contributed by atoms with E-state index in [9.17, 15) is 0 Å². The summed E-state index contributed by atoms with van der Waals surface area (Å²) in [7, 11) is 0. The highest BCUT2D eigenvalue weighted by atomic mass is 16.5. The van der Waals surface area contributed by atoms with Crippen LogP contribution in [0.25, 0.3) is 66.1 Å². The molecule has 336 valence electrons. The Morgan fingerprint density at radius 2 is 0.819 bits per heavy atom. The number of anilines is 3. The lowest BCUT2D eigenvalue weighted by molar-refractivity contribution is 0.436. The van der Waals surface area contributed by atoms with Gasteiger partial charge in [0.2, 0.25) is 0 Å². The molecule has 1 aliphatic heterocycles. The van der Waals surface area contributed by atoms with Crippen molar-refractivity contribution in [2.24, 2.45) is 0 Å². The van der Waals surface area contributed by atoms with Gasteiger partial charge in [0, 0.05) is 38.7 Å². The van der Waals surface area contributed by atoms with Crippen LogP contribution in [0.3, 0.4) is 0 Å². The fourth-order valence-corrected chi connectivity index (χ4v) is 13.2. The molecule has 0 saturated heterocycles. The van der Waals surface area contributed by atoms with Gasteiger partial charge in [-0.2, -0.15) is 0 Å². The largest absolute Gasteiger partial charge is 0.457 e. The van der Waals surface area contributed by atoms with E-state index in [-0.39, 0.29) is 0 Å². The van der Waals surface area contributed by atoms with Crippen LogP contribution in [0.4, 0.5) is 17.1 Å². The molecule has 72 heavy (non-hydrogen) atoms. The summed E-state index contributed by atoms with van der Waals surface area (Å²) in [6.45, 7) is 0. The Morgan fingerprint density at radius 1 is 0.292 bits per heavy atom. The summed E-state index contributed by atoms with van der Waals surface area (Å²) in [5.74, 6) is 1.73. The SMILES string of the molecule is c1ccc(C2(c3ccccc3)c3ccccc3-c3ccc(N(c4ccc5oc6ccccc6c5c4)c4cccc5oc6cc7c(cc6c45)-c4ccccc4C74c5ccccc5Oc5ccccc54)cc32)cc1. The quantitative estimate of drug-likeness (QED) is 0.172. The first-order valence-corrected chi connectivity index (χ1v) is 24.7. The molecule has 4 nitrogen and oxygen atoms in total. The molecule has 3 aliphatic rings. The average Bonchev–Trinajstić information content (AvgIpc) is 4.17. The molecule has 11 aromatic carbocycles. The number of hydrogen-bond donors (Lipinski definition) is 0. The third kappa shape index (κ3) is 5.10. The summed E-state index contributed by atoms with van der Waals surface area (Å²) in [5, 5.41) is 4.23. The van der Waals surface area contributed by atoms with Crippen molar-refractivity contribution in [3.05, 3.63) is 293 Å². The van der Waals surface area contributed by atoms with Gasteiger partial charge in [0.05, 0.1) is 21.9 Å². The Balaban J connectivity index is 0.986. The second kappa shape index (κ2) is 14.6. The Morgan fingerprint density at radius 3 is 1.56 bits per heavy atom. The summed E-state index contributed by atoms with van der Waals surface area (Å²) in [5.41, 5.74) is 19.7. The summed E-state index contributed by atoms with van der Waals surface area (Å²) in [6, 6.07) is 90.2. The van der Waals surface area contributed by atoms with E-state index >= 15 is 0 Å². The topological polar surface area (TPSA) is 38.8 Å². The fraction of sp³-hybridized carbons (Fsp3) is 0.0294. The minimum Gasteiger partial charge on any atom is -0.457 e. The molecule has 0 saturated carbocycles. The molecule has 16 rings (SSSR count). The van der Waals surface area contributed by atoms with Crippen LogP contribution in [0.2, 0.25) is 0 Å². The van der Waals surface area contributed by atoms with Crippen LogP contribution >= 0.6 is 0 Å². The molecular weight excluding hydrogens is 879 g/mol. The van der Waals surface area contributed by atoms with E-state index < -0.39 is 10.8 Å². The highest BCUT2D eigenvalue weighted by Gasteiger charge is 2.52. The molecule has 0 atom stereocenters. The molecule has 1 spiro atoms. The van der Waals surface area contributed by atoms with Gasteiger partial charge in [-0.3, -0.25) is 0 Å². The zero-order valence-electron chi connectivity index (χ0n) is 38.8. The van der Waals surface area contributed by atoms with Crippen molar-refractivity contribution >= 4 is 60.9 Å². The van der Waals surface area contributed by atoms with E-state index in [2.05, 4.69) is 241 Å². The van der Waals surface area contributed by atoms with Crippen molar-refractivity contribution < 1.29 is 13.6 Å². The molecule has 0 unspecified atom stereocenters. The molecule has 0 N–H and O–H groups in total. The molecule has 0 bridgehead atoms. The van der Waals surface area contributed by atoms with E-state index in [4.69, 9.17) is 13.6 Å². The molecule has 0 fully saturated rings. The number of fused-ring (bicyclic) bond motifs is 18. The Hall–Kier alpha value is -9.38. The van der Waals surface area contributed by atoms with Crippen LogP contribution in [-0.2, 0) is 10.8 Å². The molecule has 13 aromatic rings. The van der Waals surface area contributed by atoms with Crippen molar-refractivity contribution in [2.75, 3.05) is 4.90 Å². The van der Waals surface area contributed by atoms with Crippen LogP contribution < -0.4 is 9.64 Å². The first-order chi connectivity index (χ1) is 35.7. The van der Waals surface area contributed by atoms with Gasteiger partial charge in [0.15, 0.2) is 0 Å². The minimum atomic E-state index is -0.617. The van der Waals surface area contributed by atoms with Crippen LogP contribution in [0.5, 0.6) is 11.5 Å². The van der Waals surface area contributed by atoms with Crippen LogP contribution in [0.15, 0.2) is 258 Å². The number of para-hydroxylation sites is 3. The van der Waals surface area contributed by atoms with Gasteiger partial charge in [-0.15, -0.1) is 0 Å². The number of hydrogen-bond acceptors (Lipinski definition) is 4. The highest BCUT2D eigenvalue weighted by Crippen LogP contribution is 2.63. The van der Waals surface area contributed by atoms with Gasteiger partial charge in [-0.1, -0.05) is 176 Å². The van der Waals surface area contributed by atoms with E-state index in [1.807, 2.05) is 12.1 Å². The Labute approximate surface area is 415 Å². The monoisotopic (exact) mass is 919 g/mol. The van der Waals surface area contributed by atoms with Gasteiger partial charge in [-0.25, -0.2) is 0 Å². The molecule has 2 aromatic heterocycles. The molecule has 2 aliphatic carbocycles. The summed E-state index contributed by atoms with van der Waals surface area (Å²) >= 11 is 0. The molecule has 0 radical (unpaired) electrons. The van der Waals surface area contributed by atoms with E-state index in [1.54, 1.807) is 0 Å². The minimum absolute atomic E-state index is 0.583. The third-order valence-corrected chi connectivity index (χ3v) is 16.0. The van der Waals surface area contributed by atoms with E-state index in [0.717, 1.165) is 83.6 Å². The van der Waals surface area contributed by atoms with Gasteiger partial charge in [0.1, 0.15) is 33.8 Å². The molecule has 4 heteroatoms. The third-order valence-electron chi connectivity index (χ3n) is 16.0. The van der Waals surface area contributed by atoms with Gasteiger partial charge in [0.25, 0.3) is 0 Å². The molecule has 0 amide bonds. The lowest BCUT2D eigenvalue weighted by atomic mass is 9.66. The second-order valence-corrected chi connectivity index (χ2v) is 19.4. The Kier molecular flexibility index (Phi) is 7.99. The summed E-state index contributed by atoms with van der Waals surface area (Å²) < 4.78 is 20.3. The molecular formula is C68H41NO3. The Bertz CT molecular complexity index is 4310. The maximum absolute atomic E-state index is 7.16. The lowest BCUT2D eigenvalue weighted by Gasteiger charge is -2.39.